The number of phosphoric acid groups is 1. The molecule has 0 saturated carbocycles. The van der Waals surface area contributed by atoms with Gasteiger partial charge in [-0.05, 0) is 76.7 Å². The highest BCUT2D eigenvalue weighted by atomic mass is 31.2. The van der Waals surface area contributed by atoms with Crippen LogP contribution in [0.5, 0.6) is 0 Å². The average Bonchev–Trinajstić information content (AvgIpc) is 3.69. The predicted molar refractivity (Wildman–Crippen MR) is 372 cm³/mol. The third kappa shape index (κ3) is 66.1. The fraction of sp³-hybridized carbons (Fsp3) is 0.842. The van der Waals surface area contributed by atoms with Crippen molar-refractivity contribution in [3.63, 3.8) is 0 Å². The number of esters is 1. The molecule has 0 aliphatic heterocycles. The summed E-state index contributed by atoms with van der Waals surface area (Å²) in [5, 5.41) is 3.05. The van der Waals surface area contributed by atoms with Gasteiger partial charge in [0.15, 0.2) is 0 Å². The Kier molecular flexibility index (Phi) is 63.9. The van der Waals surface area contributed by atoms with Crippen molar-refractivity contribution in [2.45, 2.75) is 373 Å². The van der Waals surface area contributed by atoms with E-state index in [1.807, 2.05) is 33.3 Å². The lowest BCUT2D eigenvalue weighted by Gasteiger charge is -2.30. The third-order valence-corrected chi connectivity index (χ3v) is 17.7. The molecule has 1 amide bonds. The zero-order chi connectivity index (χ0) is 62.8. The van der Waals surface area contributed by atoms with Gasteiger partial charge in [0.25, 0.3) is 7.82 Å². The van der Waals surface area contributed by atoms with Crippen LogP contribution in [0.2, 0.25) is 0 Å². The minimum absolute atomic E-state index is 0.0251. The van der Waals surface area contributed by atoms with Gasteiger partial charge in [0.1, 0.15) is 19.3 Å². The highest BCUT2D eigenvalue weighted by Gasteiger charge is 2.27. The maximum absolute atomic E-state index is 13.6. The number of likely N-dealkylation sites (N-methyl/N-ethyl adjacent to an activating group) is 1. The van der Waals surface area contributed by atoms with Crippen LogP contribution in [0.4, 0.5) is 0 Å². The molecule has 10 heteroatoms. The van der Waals surface area contributed by atoms with E-state index >= 15 is 0 Å². The van der Waals surface area contributed by atoms with Crippen molar-refractivity contribution in [1.29, 1.82) is 0 Å². The van der Waals surface area contributed by atoms with Gasteiger partial charge in [0.2, 0.25) is 5.91 Å². The molecule has 9 nitrogen and oxygen atoms in total. The minimum Gasteiger partial charge on any atom is -0.756 e. The fourth-order valence-electron chi connectivity index (χ4n) is 11.0. The van der Waals surface area contributed by atoms with Gasteiger partial charge >= 0.3 is 5.97 Å². The van der Waals surface area contributed by atoms with Crippen LogP contribution >= 0.6 is 7.82 Å². The van der Waals surface area contributed by atoms with Crippen molar-refractivity contribution >= 4 is 19.7 Å². The molecule has 0 aromatic carbocycles. The molecule has 3 atom stereocenters. The second-order valence-electron chi connectivity index (χ2n) is 26.5. The average molecular weight is 1230 g/mol. The van der Waals surface area contributed by atoms with Crippen molar-refractivity contribution in [2.24, 2.45) is 0 Å². The number of nitrogens with zero attached hydrogens (tertiary/aromatic N) is 1. The smallest absolute Gasteiger partial charge is 0.306 e. The van der Waals surface area contributed by atoms with Crippen LogP contribution in [0.25, 0.3) is 0 Å². The summed E-state index contributed by atoms with van der Waals surface area (Å²) in [6, 6.07) is -0.897. The number of carbonyl (C=O) groups excluding carboxylic acids is 2. The molecular weight excluding hydrogens is 1080 g/mol. The first-order valence-corrected chi connectivity index (χ1v) is 38.6. The van der Waals surface area contributed by atoms with Crippen molar-refractivity contribution < 1.29 is 37.3 Å². The zero-order valence-corrected chi connectivity index (χ0v) is 58.7. The number of hydrogen-bond acceptors (Lipinski definition) is 7. The largest absolute Gasteiger partial charge is 0.756 e. The van der Waals surface area contributed by atoms with Crippen molar-refractivity contribution in [2.75, 3.05) is 40.9 Å². The van der Waals surface area contributed by atoms with Gasteiger partial charge in [-0.2, -0.15) is 0 Å². The molecule has 0 radical (unpaired) electrons. The summed E-state index contributed by atoms with van der Waals surface area (Å²) < 4.78 is 30.5. The molecule has 0 aliphatic carbocycles. The highest BCUT2D eigenvalue weighted by Crippen LogP contribution is 2.38. The van der Waals surface area contributed by atoms with Crippen LogP contribution in [0.15, 0.2) is 60.8 Å². The van der Waals surface area contributed by atoms with E-state index in [0.29, 0.717) is 23.9 Å². The number of rotatable bonds is 68. The number of quaternary nitrogens is 1. The number of carbonyl (C=O) groups is 2. The Morgan fingerprint density at radius 1 is 0.407 bits per heavy atom. The molecule has 0 aromatic heterocycles. The number of allylic oxidation sites excluding steroid dienone is 9. The molecule has 0 bridgehead atoms. The molecule has 0 aromatic rings. The standard InChI is InChI=1S/C76H143N2O7P/c1-7-10-13-16-19-22-25-28-30-32-34-36-37-38-39-40-41-43-44-46-48-50-53-56-59-62-65-68-75(79)77-73(72-84-86(81,82)83-71-70-78(4,5)6)74(67-64-61-58-55-52-27-24-21-18-15-12-9-3)85-76(80)69-66-63-60-57-54-51-49-47-45-42-35-33-31-29-26-23-20-17-14-11-8-2/h20,23,29,31,35,42,47,49,64,67,73-74H,7-19,21-22,24-28,30,32-34,36-41,43-46,48,50-63,65-66,68-72H2,1-6H3,(H-,77,79,81,82)/b23-20-,31-29-,42-35-,49-47-,67-64+. The van der Waals surface area contributed by atoms with Gasteiger partial charge in [0, 0.05) is 12.8 Å². The maximum Gasteiger partial charge on any atom is 0.306 e. The molecule has 86 heavy (non-hydrogen) atoms. The lowest BCUT2D eigenvalue weighted by molar-refractivity contribution is -0.870. The lowest BCUT2D eigenvalue weighted by Crippen LogP contribution is -2.47. The first-order valence-electron chi connectivity index (χ1n) is 37.1. The maximum atomic E-state index is 13.6. The SMILES string of the molecule is CCCCC/C=C\C/C=C\C/C=C\C/C=C\CCCCCCCC(=O)OC(/C=C/CCCCCCCCCCCC)C(COP(=O)([O-])OCC[N+](C)(C)C)NC(=O)CCCCCCCCCCCCCCCCCCCCCCCCCCCCC. The first-order chi connectivity index (χ1) is 41.9. The predicted octanol–water partition coefficient (Wildman–Crippen LogP) is 23.1. The van der Waals surface area contributed by atoms with Crippen LogP contribution in [0.1, 0.15) is 361 Å². The molecule has 0 fully saturated rings. The van der Waals surface area contributed by atoms with Gasteiger partial charge in [-0.15, -0.1) is 0 Å². The highest BCUT2D eigenvalue weighted by molar-refractivity contribution is 7.45. The molecular formula is C76H143N2O7P. The Hall–Kier alpha value is -2.29. The van der Waals surface area contributed by atoms with Crippen molar-refractivity contribution in [3.05, 3.63) is 60.8 Å². The normalized spacial score (nSPS) is 13.8. The molecule has 0 heterocycles. The molecule has 504 valence electrons. The number of nitrogens with one attached hydrogen (secondary N) is 1. The summed E-state index contributed by atoms with van der Waals surface area (Å²) in [5.41, 5.74) is 0. The Balaban J connectivity index is 5.01. The Bertz CT molecular complexity index is 1650. The van der Waals surface area contributed by atoms with Crippen molar-refractivity contribution in [1.82, 2.24) is 5.32 Å². The number of hydrogen-bond donors (Lipinski definition) is 1. The topological polar surface area (TPSA) is 114 Å². The van der Waals surface area contributed by atoms with E-state index in [-0.39, 0.29) is 24.9 Å². The van der Waals surface area contributed by atoms with E-state index in [1.165, 1.54) is 231 Å². The zero-order valence-electron chi connectivity index (χ0n) is 57.8. The molecule has 1 N–H and O–H groups in total. The second-order valence-corrected chi connectivity index (χ2v) is 27.9. The van der Waals surface area contributed by atoms with Gasteiger partial charge in [-0.25, -0.2) is 0 Å². The van der Waals surface area contributed by atoms with Gasteiger partial charge < -0.3 is 28.5 Å². The first kappa shape index (κ1) is 83.7. The fourth-order valence-corrected chi connectivity index (χ4v) is 11.7. The van der Waals surface area contributed by atoms with E-state index in [1.54, 1.807) is 0 Å². The summed E-state index contributed by atoms with van der Waals surface area (Å²) in [6.45, 7) is 6.85. The number of phosphoric ester groups is 1. The van der Waals surface area contributed by atoms with E-state index in [2.05, 4.69) is 74.7 Å². The summed E-state index contributed by atoms with van der Waals surface area (Å²) >= 11 is 0. The molecule has 0 rings (SSSR count). The van der Waals surface area contributed by atoms with E-state index < -0.39 is 26.6 Å². The van der Waals surface area contributed by atoms with E-state index in [0.717, 1.165) is 89.9 Å². The summed E-state index contributed by atoms with van der Waals surface area (Å²) in [4.78, 5) is 40.2. The summed E-state index contributed by atoms with van der Waals surface area (Å²) in [6.07, 6.45) is 85.0. The molecule has 3 unspecified atom stereocenters. The Labute approximate surface area is 534 Å². The minimum atomic E-state index is -4.71. The van der Waals surface area contributed by atoms with Crippen LogP contribution in [0.3, 0.4) is 0 Å². The monoisotopic (exact) mass is 1230 g/mol. The van der Waals surface area contributed by atoms with Gasteiger partial charge in [0.05, 0.1) is 33.8 Å². The summed E-state index contributed by atoms with van der Waals surface area (Å²) in [7, 11) is 1.18. The van der Waals surface area contributed by atoms with Crippen LogP contribution < -0.4 is 10.2 Å². The molecule has 0 saturated heterocycles. The molecule has 0 spiro atoms. The number of amides is 1. The lowest BCUT2D eigenvalue weighted by atomic mass is 10.0. The van der Waals surface area contributed by atoms with Gasteiger partial charge in [-0.1, -0.05) is 332 Å². The third-order valence-electron chi connectivity index (χ3n) is 16.7. The summed E-state index contributed by atoms with van der Waals surface area (Å²) in [5.74, 6) is -0.547. The number of ether oxygens (including phenoxy) is 1. The Morgan fingerprint density at radius 3 is 1.08 bits per heavy atom. The second kappa shape index (κ2) is 65.7. The quantitative estimate of drug-likeness (QED) is 0.0212. The van der Waals surface area contributed by atoms with Crippen LogP contribution in [-0.4, -0.2) is 69.4 Å². The number of unbranched alkanes of at least 4 members (excludes halogenated alkanes) is 44. The van der Waals surface area contributed by atoms with Gasteiger partial charge in [-0.3, -0.25) is 14.2 Å². The Morgan fingerprint density at radius 2 is 0.709 bits per heavy atom. The van der Waals surface area contributed by atoms with Crippen LogP contribution in [0, 0.1) is 0 Å². The van der Waals surface area contributed by atoms with E-state index in [4.69, 9.17) is 13.8 Å². The van der Waals surface area contributed by atoms with E-state index in [9.17, 15) is 19.0 Å². The molecule has 0 aliphatic rings. The van der Waals surface area contributed by atoms with Crippen LogP contribution in [-0.2, 0) is 27.9 Å². The van der Waals surface area contributed by atoms with Crippen molar-refractivity contribution in [3.8, 4) is 0 Å².